The average Bonchev–Trinajstić information content (AvgIpc) is 3.10. The Kier molecular flexibility index (Phi) is 5.66. The minimum atomic E-state index is -0.927. The molecule has 0 saturated carbocycles. The zero-order valence-electron chi connectivity index (χ0n) is 13.8. The van der Waals surface area contributed by atoms with Gasteiger partial charge in [0.25, 0.3) is 0 Å². The number of carboxylic acid groups (broad SMARTS) is 1. The molecule has 26 heavy (non-hydrogen) atoms. The Bertz CT molecular complexity index is 947. The van der Waals surface area contributed by atoms with Crippen LogP contribution in [0.15, 0.2) is 60.7 Å². The molecule has 132 valence electrons. The number of nitrogens with one attached hydrogen (secondary N) is 1. The summed E-state index contributed by atoms with van der Waals surface area (Å²) >= 11 is 1.24. The van der Waals surface area contributed by atoms with Crippen molar-refractivity contribution in [3.05, 3.63) is 76.7 Å². The quantitative estimate of drug-likeness (QED) is 0.671. The lowest BCUT2D eigenvalue weighted by Gasteiger charge is -2.05. The number of aromatic carboxylic acids is 1. The summed E-state index contributed by atoms with van der Waals surface area (Å²) in [6, 6.07) is 16.8. The Morgan fingerprint density at radius 2 is 1.92 bits per heavy atom. The smallest absolute Gasteiger partial charge is 0.407 e. The fourth-order valence-corrected chi connectivity index (χ4v) is 3.37. The summed E-state index contributed by atoms with van der Waals surface area (Å²) < 4.78 is 6.05. The van der Waals surface area contributed by atoms with Crippen molar-refractivity contribution >= 4 is 39.6 Å². The first-order chi connectivity index (χ1) is 12.6. The molecule has 3 aromatic rings. The van der Waals surface area contributed by atoms with Gasteiger partial charge in [-0.3, -0.25) is 0 Å². The molecule has 0 spiro atoms. The molecular formula is C20H17NO4S. The topological polar surface area (TPSA) is 75.6 Å². The van der Waals surface area contributed by atoms with Crippen molar-refractivity contribution < 1.29 is 19.4 Å². The summed E-state index contributed by atoms with van der Waals surface area (Å²) in [6.45, 7) is 0.544. The van der Waals surface area contributed by atoms with Crippen molar-refractivity contribution in [3.63, 3.8) is 0 Å². The van der Waals surface area contributed by atoms with Crippen molar-refractivity contribution in [2.24, 2.45) is 0 Å². The molecule has 0 aliphatic carbocycles. The van der Waals surface area contributed by atoms with Gasteiger partial charge < -0.3 is 15.2 Å². The minimum Gasteiger partial charge on any atom is -0.477 e. The Balaban J connectivity index is 1.54. The molecule has 3 rings (SSSR count). The van der Waals surface area contributed by atoms with Gasteiger partial charge in [-0.25, -0.2) is 9.59 Å². The van der Waals surface area contributed by atoms with E-state index in [1.807, 2.05) is 54.6 Å². The summed E-state index contributed by atoms with van der Waals surface area (Å²) in [5, 5.41) is 12.7. The zero-order chi connectivity index (χ0) is 18.4. The Morgan fingerprint density at radius 1 is 1.12 bits per heavy atom. The van der Waals surface area contributed by atoms with Gasteiger partial charge in [0.15, 0.2) is 0 Å². The molecule has 0 radical (unpaired) electrons. The highest BCUT2D eigenvalue weighted by Gasteiger charge is 2.09. The summed E-state index contributed by atoms with van der Waals surface area (Å²) in [7, 11) is 0. The standard InChI is InChI=1S/C20H17NO4S/c22-19(23)18-12-16-15(8-4-10-17(16)26-18)9-5-11-21-20(24)25-13-14-6-2-1-3-7-14/h1-10,12H,11,13H2,(H,21,24)(H,22,23). The fourth-order valence-electron chi connectivity index (χ4n) is 2.44. The number of ether oxygens (including phenoxy) is 1. The number of benzene rings is 2. The number of carbonyl (C=O) groups excluding carboxylic acids is 1. The maximum absolute atomic E-state index is 11.7. The molecule has 0 atom stereocenters. The number of carboxylic acids is 1. The van der Waals surface area contributed by atoms with E-state index in [4.69, 9.17) is 9.84 Å². The van der Waals surface area contributed by atoms with Gasteiger partial charge in [-0.2, -0.15) is 0 Å². The average molecular weight is 367 g/mol. The lowest BCUT2D eigenvalue weighted by molar-refractivity contribution is 0.0702. The van der Waals surface area contributed by atoms with Gasteiger partial charge in [0, 0.05) is 16.6 Å². The minimum absolute atomic E-state index is 0.225. The number of amides is 1. The van der Waals surface area contributed by atoms with Gasteiger partial charge in [-0.05, 0) is 23.3 Å². The van der Waals surface area contributed by atoms with Crippen LogP contribution >= 0.6 is 11.3 Å². The van der Waals surface area contributed by atoms with Crippen LogP contribution in [0.2, 0.25) is 0 Å². The molecule has 1 amide bonds. The van der Waals surface area contributed by atoms with Gasteiger partial charge in [-0.1, -0.05) is 54.6 Å². The van der Waals surface area contributed by atoms with Gasteiger partial charge in [0.1, 0.15) is 11.5 Å². The first kappa shape index (κ1) is 17.7. The number of carbonyl (C=O) groups is 2. The predicted octanol–water partition coefficient (Wildman–Crippen LogP) is 4.54. The molecule has 5 nitrogen and oxygen atoms in total. The maximum Gasteiger partial charge on any atom is 0.407 e. The van der Waals surface area contributed by atoms with E-state index in [0.717, 1.165) is 21.2 Å². The van der Waals surface area contributed by atoms with E-state index in [2.05, 4.69) is 5.32 Å². The van der Waals surface area contributed by atoms with Gasteiger partial charge in [0.2, 0.25) is 0 Å². The van der Waals surface area contributed by atoms with E-state index in [0.29, 0.717) is 11.4 Å². The van der Waals surface area contributed by atoms with Crippen LogP contribution in [0.4, 0.5) is 4.79 Å². The molecule has 0 unspecified atom stereocenters. The van der Waals surface area contributed by atoms with E-state index in [1.165, 1.54) is 11.3 Å². The monoisotopic (exact) mass is 367 g/mol. The Morgan fingerprint density at radius 3 is 2.69 bits per heavy atom. The van der Waals surface area contributed by atoms with Crippen LogP contribution in [0.25, 0.3) is 16.2 Å². The predicted molar refractivity (Wildman–Crippen MR) is 102 cm³/mol. The summed E-state index contributed by atoms with van der Waals surface area (Å²) in [5.74, 6) is -0.927. The largest absolute Gasteiger partial charge is 0.477 e. The number of thiophene rings is 1. The summed E-state index contributed by atoms with van der Waals surface area (Å²) in [5.41, 5.74) is 1.84. The van der Waals surface area contributed by atoms with E-state index in [1.54, 1.807) is 12.1 Å². The number of alkyl carbamates (subject to hydrolysis) is 1. The SMILES string of the molecule is O=C(NCC=Cc1cccc2sc(C(=O)O)cc12)OCc1ccccc1. The van der Waals surface area contributed by atoms with Crippen molar-refractivity contribution in [1.29, 1.82) is 0 Å². The normalized spacial score (nSPS) is 10.9. The van der Waals surface area contributed by atoms with Gasteiger partial charge >= 0.3 is 12.1 Å². The highest BCUT2D eigenvalue weighted by Crippen LogP contribution is 2.29. The Labute approximate surface area is 154 Å². The van der Waals surface area contributed by atoms with Crippen LogP contribution in [0.3, 0.4) is 0 Å². The third-order valence-corrected chi connectivity index (χ3v) is 4.77. The van der Waals surface area contributed by atoms with Crippen molar-refractivity contribution in [1.82, 2.24) is 5.32 Å². The summed E-state index contributed by atoms with van der Waals surface area (Å²) in [6.07, 6.45) is 3.18. The van der Waals surface area contributed by atoms with E-state index >= 15 is 0 Å². The van der Waals surface area contributed by atoms with Crippen LogP contribution < -0.4 is 5.32 Å². The third kappa shape index (κ3) is 4.49. The lowest BCUT2D eigenvalue weighted by Crippen LogP contribution is -2.24. The number of hydrogen-bond donors (Lipinski definition) is 2. The van der Waals surface area contributed by atoms with Crippen molar-refractivity contribution in [3.8, 4) is 0 Å². The first-order valence-electron chi connectivity index (χ1n) is 8.00. The molecule has 2 N–H and O–H groups in total. The second kappa shape index (κ2) is 8.31. The molecule has 0 aliphatic rings. The van der Waals surface area contributed by atoms with Crippen LogP contribution in [0.5, 0.6) is 0 Å². The van der Waals surface area contributed by atoms with E-state index in [-0.39, 0.29) is 6.61 Å². The molecule has 1 aromatic heterocycles. The second-order valence-corrected chi connectivity index (χ2v) is 6.60. The molecule has 6 heteroatoms. The first-order valence-corrected chi connectivity index (χ1v) is 8.82. The van der Waals surface area contributed by atoms with Crippen LogP contribution in [0.1, 0.15) is 20.8 Å². The van der Waals surface area contributed by atoms with Crippen LogP contribution in [-0.2, 0) is 11.3 Å². The van der Waals surface area contributed by atoms with Crippen LogP contribution in [-0.4, -0.2) is 23.7 Å². The van der Waals surface area contributed by atoms with E-state index < -0.39 is 12.1 Å². The van der Waals surface area contributed by atoms with Crippen LogP contribution in [0, 0.1) is 0 Å². The zero-order valence-corrected chi connectivity index (χ0v) is 14.7. The van der Waals surface area contributed by atoms with Gasteiger partial charge in [0.05, 0.1) is 0 Å². The van der Waals surface area contributed by atoms with Gasteiger partial charge in [-0.15, -0.1) is 11.3 Å². The Hall–Kier alpha value is -3.12. The fraction of sp³-hybridized carbons (Fsp3) is 0.100. The highest BCUT2D eigenvalue weighted by atomic mass is 32.1. The molecule has 1 heterocycles. The molecule has 0 aliphatic heterocycles. The molecular weight excluding hydrogens is 350 g/mol. The lowest BCUT2D eigenvalue weighted by atomic mass is 10.1. The molecule has 0 bridgehead atoms. The highest BCUT2D eigenvalue weighted by molar-refractivity contribution is 7.20. The second-order valence-electron chi connectivity index (χ2n) is 5.52. The maximum atomic E-state index is 11.7. The molecule has 0 fully saturated rings. The molecule has 2 aromatic carbocycles. The number of fused-ring (bicyclic) bond motifs is 1. The van der Waals surface area contributed by atoms with E-state index in [9.17, 15) is 9.59 Å². The van der Waals surface area contributed by atoms with Crippen molar-refractivity contribution in [2.45, 2.75) is 6.61 Å². The van der Waals surface area contributed by atoms with Crippen molar-refractivity contribution in [2.75, 3.05) is 6.54 Å². The number of hydrogen-bond acceptors (Lipinski definition) is 4. The summed E-state index contributed by atoms with van der Waals surface area (Å²) in [4.78, 5) is 23.1. The molecule has 0 saturated heterocycles. The third-order valence-electron chi connectivity index (χ3n) is 3.68. The number of rotatable bonds is 6.